The molecule has 0 saturated carbocycles. The van der Waals surface area contributed by atoms with Crippen molar-refractivity contribution in [1.29, 1.82) is 0 Å². The first-order valence-corrected chi connectivity index (χ1v) is 8.49. The smallest absolute Gasteiger partial charge is 0.0798 e. The Hall–Kier alpha value is -1.23. The minimum atomic E-state index is 0.0883. The molecule has 3 rings (SSSR count). The Morgan fingerprint density at radius 1 is 1.38 bits per heavy atom. The predicted octanol–water partition coefficient (Wildman–Crippen LogP) is 3.02. The van der Waals surface area contributed by atoms with Crippen molar-refractivity contribution >= 4 is 11.3 Å². The van der Waals surface area contributed by atoms with E-state index in [-0.39, 0.29) is 12.6 Å². The van der Waals surface area contributed by atoms with Crippen LogP contribution in [0.1, 0.15) is 40.6 Å². The van der Waals surface area contributed by atoms with Gasteiger partial charge in [0, 0.05) is 10.9 Å². The van der Waals surface area contributed by atoms with Gasteiger partial charge in [-0.3, -0.25) is 0 Å². The number of thiazole rings is 1. The SMILES string of the molecule is Cc1ccc(CC(CO)NC2CCCc3scnc32)cc1. The minimum Gasteiger partial charge on any atom is -0.395 e. The van der Waals surface area contributed by atoms with Crippen molar-refractivity contribution in [2.45, 2.75) is 44.7 Å². The summed E-state index contributed by atoms with van der Waals surface area (Å²) in [6.07, 6.45) is 4.32. The lowest BCUT2D eigenvalue weighted by atomic mass is 9.96. The molecule has 2 atom stereocenters. The molecular formula is C17H22N2OS. The molecule has 3 nitrogen and oxygen atoms in total. The van der Waals surface area contributed by atoms with E-state index in [1.807, 2.05) is 5.51 Å². The van der Waals surface area contributed by atoms with Crippen molar-refractivity contribution in [2.75, 3.05) is 6.61 Å². The lowest BCUT2D eigenvalue weighted by molar-refractivity contribution is 0.225. The van der Waals surface area contributed by atoms with Crippen molar-refractivity contribution in [1.82, 2.24) is 10.3 Å². The average molecular weight is 302 g/mol. The molecule has 4 heteroatoms. The number of nitrogens with one attached hydrogen (secondary N) is 1. The second-order valence-corrected chi connectivity index (χ2v) is 6.78. The lowest BCUT2D eigenvalue weighted by Gasteiger charge is -2.27. The molecule has 0 spiro atoms. The van der Waals surface area contributed by atoms with Crippen molar-refractivity contribution in [3.63, 3.8) is 0 Å². The summed E-state index contributed by atoms with van der Waals surface area (Å²) in [5.41, 5.74) is 5.68. The van der Waals surface area contributed by atoms with E-state index in [0.29, 0.717) is 6.04 Å². The van der Waals surface area contributed by atoms with Crippen LogP contribution in [-0.4, -0.2) is 22.7 Å². The van der Waals surface area contributed by atoms with Crippen molar-refractivity contribution in [3.05, 3.63) is 51.5 Å². The van der Waals surface area contributed by atoms with Gasteiger partial charge in [-0.25, -0.2) is 4.98 Å². The summed E-state index contributed by atoms with van der Waals surface area (Å²) in [4.78, 5) is 5.93. The summed E-state index contributed by atoms with van der Waals surface area (Å²) in [6, 6.07) is 8.93. The Bertz CT molecular complexity index is 579. The maximum Gasteiger partial charge on any atom is 0.0798 e. The van der Waals surface area contributed by atoms with Crippen LogP contribution in [0.3, 0.4) is 0 Å². The highest BCUT2D eigenvalue weighted by atomic mass is 32.1. The summed E-state index contributed by atoms with van der Waals surface area (Å²) in [5, 5.41) is 13.3. The van der Waals surface area contributed by atoms with Crippen LogP contribution in [0.15, 0.2) is 29.8 Å². The van der Waals surface area contributed by atoms with E-state index in [1.54, 1.807) is 11.3 Å². The number of aliphatic hydroxyl groups excluding tert-OH is 1. The number of hydrogen-bond donors (Lipinski definition) is 2. The predicted molar refractivity (Wildman–Crippen MR) is 86.7 cm³/mol. The maximum atomic E-state index is 9.69. The fourth-order valence-corrected chi connectivity index (χ4v) is 3.86. The lowest BCUT2D eigenvalue weighted by Crippen LogP contribution is -2.38. The van der Waals surface area contributed by atoms with Gasteiger partial charge >= 0.3 is 0 Å². The summed E-state index contributed by atoms with van der Waals surface area (Å²) >= 11 is 1.76. The minimum absolute atomic E-state index is 0.0883. The first-order valence-electron chi connectivity index (χ1n) is 7.61. The van der Waals surface area contributed by atoms with Crippen LogP contribution in [0.25, 0.3) is 0 Å². The van der Waals surface area contributed by atoms with Crippen LogP contribution in [0.4, 0.5) is 0 Å². The molecule has 2 unspecified atom stereocenters. The fourth-order valence-electron chi connectivity index (χ4n) is 2.99. The molecule has 1 aromatic carbocycles. The molecule has 1 heterocycles. The van der Waals surface area contributed by atoms with Crippen LogP contribution in [0, 0.1) is 6.92 Å². The van der Waals surface area contributed by atoms with Gasteiger partial charge in [-0.1, -0.05) is 29.8 Å². The third-order valence-electron chi connectivity index (χ3n) is 4.16. The number of aromatic nitrogens is 1. The van der Waals surface area contributed by atoms with E-state index in [2.05, 4.69) is 41.5 Å². The van der Waals surface area contributed by atoms with Gasteiger partial charge in [0.2, 0.25) is 0 Å². The quantitative estimate of drug-likeness (QED) is 0.892. The van der Waals surface area contributed by atoms with E-state index in [0.717, 1.165) is 19.3 Å². The molecule has 21 heavy (non-hydrogen) atoms. The first-order chi connectivity index (χ1) is 10.3. The van der Waals surface area contributed by atoms with E-state index in [9.17, 15) is 5.11 Å². The van der Waals surface area contributed by atoms with Gasteiger partial charge in [0.1, 0.15) is 0 Å². The van der Waals surface area contributed by atoms with Gasteiger partial charge in [0.05, 0.1) is 23.9 Å². The average Bonchev–Trinajstić information content (AvgIpc) is 2.98. The molecule has 1 aliphatic carbocycles. The monoisotopic (exact) mass is 302 g/mol. The third kappa shape index (κ3) is 3.51. The Labute approximate surface area is 130 Å². The maximum absolute atomic E-state index is 9.69. The third-order valence-corrected chi connectivity index (χ3v) is 5.07. The standard InChI is InChI=1S/C17H22N2OS/c1-12-5-7-13(8-6-12)9-14(10-20)19-15-3-2-4-16-17(15)18-11-21-16/h5-8,11,14-15,19-20H,2-4,9-10H2,1H3. The molecule has 0 bridgehead atoms. The fraction of sp³-hybridized carbons (Fsp3) is 0.471. The summed E-state index contributed by atoms with van der Waals surface area (Å²) in [7, 11) is 0. The second-order valence-electron chi connectivity index (χ2n) is 5.84. The van der Waals surface area contributed by atoms with Gasteiger partial charge in [-0.2, -0.15) is 0 Å². The van der Waals surface area contributed by atoms with Gasteiger partial charge in [-0.15, -0.1) is 11.3 Å². The number of rotatable bonds is 5. The number of benzene rings is 1. The highest BCUT2D eigenvalue weighted by molar-refractivity contribution is 7.09. The normalized spacial score (nSPS) is 19.2. The van der Waals surface area contributed by atoms with E-state index < -0.39 is 0 Å². The van der Waals surface area contributed by atoms with Crippen molar-refractivity contribution in [3.8, 4) is 0 Å². The van der Waals surface area contributed by atoms with Crippen LogP contribution < -0.4 is 5.32 Å². The molecule has 1 aromatic heterocycles. The zero-order valence-corrected chi connectivity index (χ0v) is 13.2. The summed E-state index contributed by atoms with van der Waals surface area (Å²) in [6.45, 7) is 2.25. The highest BCUT2D eigenvalue weighted by Crippen LogP contribution is 2.31. The Kier molecular flexibility index (Phi) is 4.68. The zero-order valence-electron chi connectivity index (χ0n) is 12.4. The molecule has 2 N–H and O–H groups in total. The molecule has 0 saturated heterocycles. The molecule has 0 radical (unpaired) electrons. The van der Waals surface area contributed by atoms with Gasteiger partial charge in [0.25, 0.3) is 0 Å². The Balaban J connectivity index is 1.67. The van der Waals surface area contributed by atoms with Gasteiger partial charge in [0.15, 0.2) is 0 Å². The number of aliphatic hydroxyl groups is 1. The van der Waals surface area contributed by atoms with Crippen LogP contribution in [0.2, 0.25) is 0 Å². The number of nitrogens with zero attached hydrogens (tertiary/aromatic N) is 1. The van der Waals surface area contributed by atoms with Gasteiger partial charge < -0.3 is 10.4 Å². The zero-order chi connectivity index (χ0) is 14.7. The molecule has 0 aliphatic heterocycles. The van der Waals surface area contributed by atoms with E-state index >= 15 is 0 Å². The molecular weight excluding hydrogens is 280 g/mol. The van der Waals surface area contributed by atoms with Crippen LogP contribution in [-0.2, 0) is 12.8 Å². The van der Waals surface area contributed by atoms with Gasteiger partial charge in [-0.05, 0) is 38.2 Å². The topological polar surface area (TPSA) is 45.1 Å². The number of aryl methyl sites for hydroxylation is 2. The Morgan fingerprint density at radius 3 is 2.95 bits per heavy atom. The summed E-state index contributed by atoms with van der Waals surface area (Å²) in [5.74, 6) is 0. The summed E-state index contributed by atoms with van der Waals surface area (Å²) < 4.78 is 0. The molecule has 112 valence electrons. The Morgan fingerprint density at radius 2 is 2.19 bits per heavy atom. The molecule has 0 amide bonds. The van der Waals surface area contributed by atoms with E-state index in [1.165, 1.54) is 28.1 Å². The molecule has 1 aliphatic rings. The number of hydrogen-bond acceptors (Lipinski definition) is 4. The first kappa shape index (κ1) is 14.7. The van der Waals surface area contributed by atoms with Crippen LogP contribution in [0.5, 0.6) is 0 Å². The second kappa shape index (κ2) is 6.69. The number of fused-ring (bicyclic) bond motifs is 1. The highest BCUT2D eigenvalue weighted by Gasteiger charge is 2.24. The van der Waals surface area contributed by atoms with Crippen LogP contribution >= 0.6 is 11.3 Å². The van der Waals surface area contributed by atoms with E-state index in [4.69, 9.17) is 0 Å². The largest absolute Gasteiger partial charge is 0.395 e. The van der Waals surface area contributed by atoms with Crippen molar-refractivity contribution in [2.24, 2.45) is 0 Å². The molecule has 2 aromatic rings. The molecule has 0 fully saturated rings. The van der Waals surface area contributed by atoms with Crippen molar-refractivity contribution < 1.29 is 5.11 Å².